The van der Waals surface area contributed by atoms with E-state index in [-0.39, 0.29) is 13.2 Å². The smallest absolute Gasteiger partial charge is 0.330 e. The fourth-order valence-electron chi connectivity index (χ4n) is 8.65. The van der Waals surface area contributed by atoms with Crippen molar-refractivity contribution in [2.45, 2.75) is 35.2 Å². The van der Waals surface area contributed by atoms with Crippen molar-refractivity contribution >= 4 is 0 Å². The molecular formula is C50H44N2O8. The minimum Gasteiger partial charge on any atom is -0.497 e. The van der Waals surface area contributed by atoms with Crippen molar-refractivity contribution in [3.63, 3.8) is 0 Å². The van der Waals surface area contributed by atoms with Gasteiger partial charge in [0.25, 0.3) is 5.56 Å². The van der Waals surface area contributed by atoms with Crippen LogP contribution in [0.15, 0.2) is 192 Å². The Morgan fingerprint density at radius 3 is 1.40 bits per heavy atom. The van der Waals surface area contributed by atoms with Crippen molar-refractivity contribution < 1.29 is 28.4 Å². The number of nitrogens with one attached hydrogen (secondary N) is 1. The molecule has 0 bridgehead atoms. The second kappa shape index (κ2) is 16.2. The zero-order chi connectivity index (χ0) is 41.2. The number of epoxide rings is 1. The third kappa shape index (κ3) is 6.83. The first kappa shape index (κ1) is 38.9. The fraction of sp³-hybridized carbons (Fsp3) is 0.200. The molecule has 0 spiro atoms. The standard InChI is InChI=1S/C50H44N2O8/c1-55-41-27-23-39(24-28-41)49(35-15-7-3-8-16-35,36-17-9-4-10-18-36)57-33-43-45-46(59-45)48(60-43,52-32-31-44(53)51-47(52)54)34-58-50(37-19-11-5-12-20-37,38-21-13-6-14-22-38)40-25-29-42(56-2)30-26-40/h3-32,43,45-46H,33-34H2,1-2H3,(H,51,53,54)/t43-,45+,46+,48-/m1/s1. The Morgan fingerprint density at radius 2 is 0.983 bits per heavy atom. The van der Waals surface area contributed by atoms with Crippen LogP contribution in [0, 0.1) is 0 Å². The van der Waals surface area contributed by atoms with Gasteiger partial charge in [-0.15, -0.1) is 0 Å². The van der Waals surface area contributed by atoms with E-state index in [9.17, 15) is 9.59 Å². The number of nitrogens with zero attached hydrogens (tertiary/aromatic N) is 1. The monoisotopic (exact) mass is 800 g/mol. The summed E-state index contributed by atoms with van der Waals surface area (Å²) in [4.78, 5) is 28.8. The molecule has 0 radical (unpaired) electrons. The molecule has 10 heteroatoms. The molecule has 0 aliphatic carbocycles. The molecule has 1 aromatic heterocycles. The lowest BCUT2D eigenvalue weighted by Gasteiger charge is -2.41. The molecule has 10 nitrogen and oxygen atoms in total. The molecule has 0 unspecified atom stereocenters. The number of aromatic nitrogens is 2. The molecule has 2 fully saturated rings. The fourth-order valence-corrected chi connectivity index (χ4v) is 8.65. The largest absolute Gasteiger partial charge is 0.497 e. The van der Waals surface area contributed by atoms with Crippen molar-refractivity contribution in [3.8, 4) is 11.5 Å². The van der Waals surface area contributed by atoms with Gasteiger partial charge < -0.3 is 28.4 Å². The lowest BCUT2D eigenvalue weighted by Crippen LogP contribution is -2.53. The van der Waals surface area contributed by atoms with Gasteiger partial charge in [0.15, 0.2) is 0 Å². The number of benzene rings is 6. The molecule has 6 aromatic carbocycles. The van der Waals surface area contributed by atoms with E-state index >= 15 is 0 Å². The lowest BCUT2D eigenvalue weighted by atomic mass is 9.80. The maximum absolute atomic E-state index is 13.9. The highest BCUT2D eigenvalue weighted by molar-refractivity contribution is 5.50. The number of aromatic amines is 1. The van der Waals surface area contributed by atoms with Gasteiger partial charge in [0.1, 0.15) is 47.6 Å². The molecule has 60 heavy (non-hydrogen) atoms. The Balaban J connectivity index is 1.14. The maximum atomic E-state index is 13.9. The second-order valence-electron chi connectivity index (χ2n) is 14.9. The summed E-state index contributed by atoms with van der Waals surface area (Å²) in [6.07, 6.45) is -0.302. The predicted octanol–water partition coefficient (Wildman–Crippen LogP) is 7.39. The molecule has 4 atom stereocenters. The van der Waals surface area contributed by atoms with Gasteiger partial charge in [-0.2, -0.15) is 0 Å². The highest BCUT2D eigenvalue weighted by Gasteiger charge is 2.69. The predicted molar refractivity (Wildman–Crippen MR) is 226 cm³/mol. The molecule has 302 valence electrons. The van der Waals surface area contributed by atoms with Gasteiger partial charge >= 0.3 is 5.69 Å². The van der Waals surface area contributed by atoms with Gasteiger partial charge in [0, 0.05) is 12.3 Å². The molecule has 9 rings (SSSR count). The summed E-state index contributed by atoms with van der Waals surface area (Å²) in [7, 11) is 3.27. The van der Waals surface area contributed by atoms with E-state index in [2.05, 4.69) is 4.98 Å². The quantitative estimate of drug-likeness (QED) is 0.0845. The van der Waals surface area contributed by atoms with Crippen LogP contribution >= 0.6 is 0 Å². The summed E-state index contributed by atoms with van der Waals surface area (Å²) in [6.45, 7) is -0.0920. The van der Waals surface area contributed by atoms with Gasteiger partial charge in [-0.05, 0) is 57.6 Å². The zero-order valence-corrected chi connectivity index (χ0v) is 33.2. The van der Waals surface area contributed by atoms with E-state index in [0.29, 0.717) is 5.75 Å². The second-order valence-corrected chi connectivity index (χ2v) is 14.9. The summed E-state index contributed by atoms with van der Waals surface area (Å²) >= 11 is 0. The average molecular weight is 801 g/mol. The normalized spacial score (nSPS) is 19.7. The number of hydrogen-bond acceptors (Lipinski definition) is 8. The van der Waals surface area contributed by atoms with Gasteiger partial charge in [0.05, 0.1) is 20.8 Å². The molecule has 2 saturated heterocycles. The van der Waals surface area contributed by atoms with Crippen LogP contribution in [0.5, 0.6) is 11.5 Å². The zero-order valence-electron chi connectivity index (χ0n) is 33.2. The van der Waals surface area contributed by atoms with Gasteiger partial charge in [-0.1, -0.05) is 146 Å². The number of hydrogen-bond donors (Lipinski definition) is 1. The van der Waals surface area contributed by atoms with Crippen LogP contribution in [0.1, 0.15) is 33.4 Å². The number of rotatable bonds is 15. The van der Waals surface area contributed by atoms with Gasteiger partial charge in [0.2, 0.25) is 5.72 Å². The Bertz CT molecular complexity index is 2560. The molecule has 1 N–H and O–H groups in total. The molecule has 2 aliphatic rings. The molecule has 3 heterocycles. The third-order valence-electron chi connectivity index (χ3n) is 11.6. The van der Waals surface area contributed by atoms with Crippen LogP contribution in [0.25, 0.3) is 0 Å². The maximum Gasteiger partial charge on any atom is 0.330 e. The Labute approximate surface area is 347 Å². The topological polar surface area (TPSA) is 114 Å². The molecule has 0 saturated carbocycles. The summed E-state index contributed by atoms with van der Waals surface area (Å²) in [5.41, 5.74) is 0.250. The minimum atomic E-state index is -1.52. The first-order valence-corrected chi connectivity index (χ1v) is 19.9. The molecule has 2 aliphatic heterocycles. The van der Waals surface area contributed by atoms with Crippen LogP contribution < -0.4 is 20.7 Å². The summed E-state index contributed by atoms with van der Waals surface area (Å²) in [5.74, 6) is 1.41. The number of H-pyrrole nitrogens is 1. The first-order valence-electron chi connectivity index (χ1n) is 19.9. The van der Waals surface area contributed by atoms with Crippen molar-refractivity contribution in [2.24, 2.45) is 0 Å². The Hall–Kier alpha value is -6.56. The van der Waals surface area contributed by atoms with Crippen LogP contribution in [-0.2, 0) is 35.9 Å². The highest BCUT2D eigenvalue weighted by Crippen LogP contribution is 2.52. The van der Waals surface area contributed by atoms with Crippen LogP contribution in [0.2, 0.25) is 0 Å². The lowest BCUT2D eigenvalue weighted by molar-refractivity contribution is -0.216. The van der Waals surface area contributed by atoms with E-state index in [4.69, 9.17) is 28.4 Å². The van der Waals surface area contributed by atoms with Gasteiger partial charge in [-0.3, -0.25) is 14.3 Å². The number of ether oxygens (including phenoxy) is 6. The summed E-state index contributed by atoms with van der Waals surface area (Å²) in [5, 5.41) is 0. The van der Waals surface area contributed by atoms with Crippen LogP contribution in [0.3, 0.4) is 0 Å². The van der Waals surface area contributed by atoms with E-state index in [0.717, 1.165) is 39.1 Å². The minimum absolute atomic E-state index is 0.0673. The van der Waals surface area contributed by atoms with Crippen LogP contribution in [-0.4, -0.2) is 55.3 Å². The SMILES string of the molecule is COc1ccc(C(OC[C@H]2O[C@@](COC(c3ccccc3)(c3ccccc3)c3ccc(OC)cc3)(n3ccc(=O)[nH]c3=O)[C@H]3O[C@@H]23)(c2ccccc2)c2ccccc2)cc1. The van der Waals surface area contributed by atoms with Crippen molar-refractivity contribution in [1.82, 2.24) is 9.55 Å². The molecule has 0 amide bonds. The molecular weight excluding hydrogens is 757 g/mol. The number of fused-ring (bicyclic) bond motifs is 1. The molecule has 7 aromatic rings. The van der Waals surface area contributed by atoms with Crippen molar-refractivity contribution in [3.05, 3.63) is 236 Å². The Kier molecular flexibility index (Phi) is 10.5. The van der Waals surface area contributed by atoms with Crippen molar-refractivity contribution in [1.29, 1.82) is 0 Å². The average Bonchev–Trinajstić information content (AvgIpc) is 4.06. The van der Waals surface area contributed by atoms with E-state index < -0.39 is 46.5 Å². The van der Waals surface area contributed by atoms with Crippen LogP contribution in [0.4, 0.5) is 0 Å². The van der Waals surface area contributed by atoms with E-state index in [1.165, 1.54) is 16.8 Å². The van der Waals surface area contributed by atoms with Gasteiger partial charge in [-0.25, -0.2) is 4.79 Å². The Morgan fingerprint density at radius 1 is 0.567 bits per heavy atom. The van der Waals surface area contributed by atoms with Crippen molar-refractivity contribution in [2.75, 3.05) is 27.4 Å². The third-order valence-corrected chi connectivity index (χ3v) is 11.6. The summed E-state index contributed by atoms with van der Waals surface area (Å²) in [6, 6.07) is 56.9. The summed E-state index contributed by atoms with van der Waals surface area (Å²) < 4.78 is 40.7. The van der Waals surface area contributed by atoms with E-state index in [1.54, 1.807) is 14.2 Å². The highest BCUT2D eigenvalue weighted by atomic mass is 16.7. The van der Waals surface area contributed by atoms with E-state index in [1.807, 2.05) is 170 Å². The number of methoxy groups -OCH3 is 2. The first-order chi connectivity index (χ1) is 29.4.